The second-order valence-corrected chi connectivity index (χ2v) is 9.53. The molecule has 4 bridgehead atoms. The van der Waals surface area contributed by atoms with Crippen LogP contribution in [0.1, 0.15) is 59.3 Å². The monoisotopic (exact) mass is 363 g/mol. The molecule has 26 heavy (non-hydrogen) atoms. The topological polar surface area (TPSA) is 70.7 Å². The van der Waals surface area contributed by atoms with E-state index in [2.05, 4.69) is 15.5 Å². The van der Waals surface area contributed by atoms with E-state index in [1.165, 1.54) is 19.3 Å². The Hall–Kier alpha value is -1.14. The number of nitrogens with one attached hydrogen (secondary N) is 2. The Balaban J connectivity index is 1.32. The lowest BCUT2D eigenvalue weighted by molar-refractivity contribution is -0.130. The molecule has 5 aliphatic rings. The number of nitrogens with zero attached hydrogens (tertiary/aromatic N) is 1. The maximum atomic E-state index is 12.6. The lowest BCUT2D eigenvalue weighted by atomic mass is 9.53. The highest BCUT2D eigenvalue weighted by Gasteiger charge is 2.51. The van der Waals surface area contributed by atoms with Crippen LogP contribution in [0, 0.1) is 17.8 Å². The summed E-state index contributed by atoms with van der Waals surface area (Å²) in [5.74, 6) is 2.10. The number of amides is 3. The minimum absolute atomic E-state index is 0.0651. The number of urea groups is 1. The largest absolute Gasteiger partial charge is 0.373 e. The van der Waals surface area contributed by atoms with Gasteiger partial charge in [0.25, 0.3) is 0 Å². The average molecular weight is 364 g/mol. The third-order valence-electron chi connectivity index (χ3n) is 7.03. The van der Waals surface area contributed by atoms with Gasteiger partial charge in [0.1, 0.15) is 0 Å². The third kappa shape index (κ3) is 3.63. The molecule has 146 valence electrons. The van der Waals surface area contributed by atoms with Crippen LogP contribution in [0.15, 0.2) is 0 Å². The van der Waals surface area contributed by atoms with Gasteiger partial charge in [0.2, 0.25) is 5.91 Å². The van der Waals surface area contributed by atoms with Crippen molar-refractivity contribution >= 4 is 11.9 Å². The van der Waals surface area contributed by atoms with Crippen LogP contribution in [0.2, 0.25) is 0 Å². The van der Waals surface area contributed by atoms with Gasteiger partial charge in [-0.25, -0.2) is 4.79 Å². The molecule has 4 saturated carbocycles. The van der Waals surface area contributed by atoms with Crippen LogP contribution in [-0.2, 0) is 9.53 Å². The molecule has 5 rings (SSSR count). The zero-order valence-electron chi connectivity index (χ0n) is 16.3. The van der Waals surface area contributed by atoms with Crippen molar-refractivity contribution in [3.8, 4) is 0 Å². The first kappa shape index (κ1) is 18.2. The second kappa shape index (κ2) is 6.79. The van der Waals surface area contributed by atoms with E-state index < -0.39 is 0 Å². The van der Waals surface area contributed by atoms with Crippen LogP contribution in [0.25, 0.3) is 0 Å². The maximum Gasteiger partial charge on any atom is 0.321 e. The number of rotatable bonds is 3. The molecule has 0 aromatic rings. The normalized spacial score (nSPS) is 43.1. The van der Waals surface area contributed by atoms with Gasteiger partial charge in [-0.2, -0.15) is 0 Å². The lowest BCUT2D eigenvalue weighted by Crippen LogP contribution is -2.63. The molecular weight excluding hydrogens is 330 g/mol. The molecule has 3 amide bonds. The molecule has 0 aromatic carbocycles. The van der Waals surface area contributed by atoms with Crippen molar-refractivity contribution in [1.82, 2.24) is 15.5 Å². The standard InChI is InChI=1S/C20H33N3O3/c1-12-10-23(11-13(2)26-12)14(3)18(24)21-19(25)22-20-7-15-4-16(8-20)6-17(5-15)9-20/h12-17H,4-11H2,1-3H3,(H2,21,22,24,25)/t12-,13-,14-,15?,16?,17?,20?/m1/s1. The summed E-state index contributed by atoms with van der Waals surface area (Å²) in [6.07, 6.45) is 7.51. The number of morpholine rings is 1. The average Bonchev–Trinajstić information content (AvgIpc) is 2.51. The fraction of sp³-hybridized carbons (Fsp3) is 0.900. The molecule has 6 nitrogen and oxygen atoms in total. The first-order chi connectivity index (χ1) is 12.3. The summed E-state index contributed by atoms with van der Waals surface area (Å²) >= 11 is 0. The Morgan fingerprint density at radius 1 is 1.00 bits per heavy atom. The van der Waals surface area contributed by atoms with Crippen molar-refractivity contribution < 1.29 is 14.3 Å². The molecule has 1 aliphatic heterocycles. The van der Waals surface area contributed by atoms with Crippen molar-refractivity contribution in [2.24, 2.45) is 17.8 Å². The van der Waals surface area contributed by atoms with E-state index >= 15 is 0 Å². The molecule has 0 aromatic heterocycles. The van der Waals surface area contributed by atoms with Gasteiger partial charge in [-0.3, -0.25) is 15.0 Å². The highest BCUT2D eigenvalue weighted by atomic mass is 16.5. The molecule has 0 spiro atoms. The SMILES string of the molecule is C[C@@H]1CN([C@H](C)C(=O)NC(=O)NC23CC4CC(CC(C4)C2)C3)C[C@@H](C)O1. The number of imide groups is 1. The van der Waals surface area contributed by atoms with Crippen molar-refractivity contribution in [2.75, 3.05) is 13.1 Å². The number of hydrogen-bond donors (Lipinski definition) is 2. The van der Waals surface area contributed by atoms with Crippen molar-refractivity contribution in [3.05, 3.63) is 0 Å². The first-order valence-corrected chi connectivity index (χ1v) is 10.3. The van der Waals surface area contributed by atoms with Crippen LogP contribution >= 0.6 is 0 Å². The Kier molecular flexibility index (Phi) is 4.76. The zero-order valence-corrected chi connectivity index (χ0v) is 16.3. The lowest BCUT2D eigenvalue weighted by Gasteiger charge is -2.56. The zero-order chi connectivity index (χ0) is 18.5. The molecule has 5 fully saturated rings. The minimum Gasteiger partial charge on any atom is -0.373 e. The third-order valence-corrected chi connectivity index (χ3v) is 7.03. The number of ether oxygens (including phenoxy) is 1. The van der Waals surface area contributed by atoms with Crippen LogP contribution in [-0.4, -0.2) is 53.7 Å². The summed E-state index contributed by atoms with van der Waals surface area (Å²) in [4.78, 5) is 27.3. The quantitative estimate of drug-likeness (QED) is 0.807. The van der Waals surface area contributed by atoms with E-state index in [-0.39, 0.29) is 35.7 Å². The predicted molar refractivity (Wildman–Crippen MR) is 98.6 cm³/mol. The summed E-state index contributed by atoms with van der Waals surface area (Å²) in [6, 6.07) is -0.635. The fourth-order valence-electron chi connectivity index (χ4n) is 6.45. The van der Waals surface area contributed by atoms with Gasteiger partial charge in [0.05, 0.1) is 18.2 Å². The Bertz CT molecular complexity index is 533. The van der Waals surface area contributed by atoms with Gasteiger partial charge in [-0.05, 0) is 77.0 Å². The van der Waals surface area contributed by atoms with Crippen LogP contribution in [0.5, 0.6) is 0 Å². The summed E-state index contributed by atoms with van der Waals surface area (Å²) < 4.78 is 5.73. The van der Waals surface area contributed by atoms with Gasteiger partial charge in [-0.1, -0.05) is 0 Å². The van der Waals surface area contributed by atoms with Gasteiger partial charge < -0.3 is 10.1 Å². The molecule has 1 heterocycles. The summed E-state index contributed by atoms with van der Waals surface area (Å²) in [6.45, 7) is 7.35. The first-order valence-electron chi connectivity index (χ1n) is 10.3. The van der Waals surface area contributed by atoms with Crippen molar-refractivity contribution in [2.45, 2.75) is 83.1 Å². The highest BCUT2D eigenvalue weighted by Crippen LogP contribution is 2.55. The second-order valence-electron chi connectivity index (χ2n) is 9.53. The number of hydrogen-bond acceptors (Lipinski definition) is 4. The van der Waals surface area contributed by atoms with Gasteiger partial charge >= 0.3 is 6.03 Å². The summed E-state index contributed by atoms with van der Waals surface area (Å²) in [5, 5.41) is 5.83. The molecular formula is C20H33N3O3. The molecule has 3 atom stereocenters. The Labute approximate surface area is 156 Å². The fourth-order valence-corrected chi connectivity index (χ4v) is 6.45. The van der Waals surface area contributed by atoms with E-state index in [1.54, 1.807) is 0 Å². The van der Waals surface area contributed by atoms with Crippen molar-refractivity contribution in [3.63, 3.8) is 0 Å². The smallest absolute Gasteiger partial charge is 0.321 e. The molecule has 2 N–H and O–H groups in total. The van der Waals surface area contributed by atoms with E-state index in [0.717, 1.165) is 50.1 Å². The Morgan fingerprint density at radius 2 is 1.50 bits per heavy atom. The number of carbonyl (C=O) groups is 2. The summed E-state index contributed by atoms with van der Waals surface area (Å²) in [5.41, 5.74) is -0.0651. The van der Waals surface area contributed by atoms with Crippen LogP contribution < -0.4 is 10.6 Å². The van der Waals surface area contributed by atoms with Crippen molar-refractivity contribution in [1.29, 1.82) is 0 Å². The molecule has 1 saturated heterocycles. The molecule has 0 unspecified atom stereocenters. The van der Waals surface area contributed by atoms with E-state index in [1.807, 2.05) is 20.8 Å². The molecule has 4 aliphatic carbocycles. The van der Waals surface area contributed by atoms with E-state index in [4.69, 9.17) is 4.74 Å². The Morgan fingerprint density at radius 3 is 2.00 bits per heavy atom. The number of carbonyl (C=O) groups excluding carboxylic acids is 2. The van der Waals surface area contributed by atoms with Crippen LogP contribution in [0.4, 0.5) is 4.79 Å². The summed E-state index contributed by atoms with van der Waals surface area (Å²) in [7, 11) is 0. The van der Waals surface area contributed by atoms with E-state index in [0.29, 0.717) is 0 Å². The molecule has 6 heteroatoms. The predicted octanol–water partition coefficient (Wildman–Crippen LogP) is 2.28. The van der Waals surface area contributed by atoms with Gasteiger partial charge in [-0.15, -0.1) is 0 Å². The van der Waals surface area contributed by atoms with Gasteiger partial charge in [0, 0.05) is 18.6 Å². The molecule has 0 radical (unpaired) electrons. The maximum absolute atomic E-state index is 12.6. The minimum atomic E-state index is -0.328. The van der Waals surface area contributed by atoms with Crippen LogP contribution in [0.3, 0.4) is 0 Å². The van der Waals surface area contributed by atoms with Gasteiger partial charge in [0.15, 0.2) is 0 Å². The van der Waals surface area contributed by atoms with E-state index in [9.17, 15) is 9.59 Å². The highest BCUT2D eigenvalue weighted by molar-refractivity contribution is 5.97.